The molecule has 136 valence electrons. The fourth-order valence-electron chi connectivity index (χ4n) is 2.26. The summed E-state index contributed by atoms with van der Waals surface area (Å²) in [6, 6.07) is 13.6. The van der Waals surface area contributed by atoms with Gasteiger partial charge in [-0.3, -0.25) is 0 Å². The number of nitrogens with one attached hydrogen (secondary N) is 2. The molecule has 2 aromatic heterocycles. The van der Waals surface area contributed by atoms with E-state index in [0.717, 1.165) is 0 Å². The molecule has 2 N–H and O–H groups in total. The molecule has 1 aromatic carbocycles. The number of methoxy groups -OCH3 is 1. The summed E-state index contributed by atoms with van der Waals surface area (Å²) < 4.78 is 33.8. The quantitative estimate of drug-likeness (QED) is 0.583. The molecule has 0 aliphatic rings. The summed E-state index contributed by atoms with van der Waals surface area (Å²) in [4.78, 5) is 0.189. The molecular formula is C17H19N5O3S. The molecule has 0 fully saturated rings. The van der Waals surface area contributed by atoms with Crippen LogP contribution < -0.4 is 14.8 Å². The zero-order valence-electron chi connectivity index (χ0n) is 14.2. The van der Waals surface area contributed by atoms with E-state index < -0.39 is 10.0 Å². The molecule has 3 rings (SSSR count). The maximum absolute atomic E-state index is 12.2. The molecule has 0 radical (unpaired) electrons. The molecule has 0 atom stereocenters. The van der Waals surface area contributed by atoms with Crippen LogP contribution in [0.2, 0.25) is 0 Å². The number of benzene rings is 1. The number of nitrogens with zero attached hydrogens (tertiary/aromatic N) is 3. The Morgan fingerprint density at radius 2 is 1.73 bits per heavy atom. The third-order valence-corrected chi connectivity index (χ3v) is 5.09. The predicted octanol–water partition coefficient (Wildman–Crippen LogP) is 1.67. The van der Waals surface area contributed by atoms with E-state index in [4.69, 9.17) is 4.74 Å². The summed E-state index contributed by atoms with van der Waals surface area (Å²) in [6.07, 6.45) is 3.76. The molecular weight excluding hydrogens is 354 g/mol. The molecule has 0 saturated heterocycles. The van der Waals surface area contributed by atoms with Crippen molar-refractivity contribution in [3.63, 3.8) is 0 Å². The van der Waals surface area contributed by atoms with Gasteiger partial charge >= 0.3 is 0 Å². The van der Waals surface area contributed by atoms with Crippen molar-refractivity contribution in [3.8, 4) is 11.6 Å². The molecule has 0 bridgehead atoms. The molecule has 8 nitrogen and oxygen atoms in total. The van der Waals surface area contributed by atoms with Gasteiger partial charge in [-0.2, -0.15) is 0 Å². The van der Waals surface area contributed by atoms with Crippen LogP contribution in [-0.2, 0) is 10.0 Å². The molecule has 2 heterocycles. The number of ether oxygens (including phenoxy) is 1. The van der Waals surface area contributed by atoms with Crippen LogP contribution in [-0.4, -0.2) is 43.4 Å². The van der Waals surface area contributed by atoms with Crippen LogP contribution in [0, 0.1) is 0 Å². The van der Waals surface area contributed by atoms with E-state index in [0.29, 0.717) is 23.9 Å². The minimum atomic E-state index is -3.56. The van der Waals surface area contributed by atoms with E-state index in [2.05, 4.69) is 20.2 Å². The molecule has 0 spiro atoms. The molecule has 0 unspecified atom stereocenters. The van der Waals surface area contributed by atoms with Crippen LogP contribution in [0.15, 0.2) is 65.8 Å². The highest BCUT2D eigenvalue weighted by Gasteiger charge is 2.13. The van der Waals surface area contributed by atoms with Gasteiger partial charge in [-0.1, -0.05) is 0 Å². The number of hydrogen-bond acceptors (Lipinski definition) is 6. The second-order valence-corrected chi connectivity index (χ2v) is 7.13. The van der Waals surface area contributed by atoms with Gasteiger partial charge in [0.1, 0.15) is 11.6 Å². The Morgan fingerprint density at radius 1 is 1.00 bits per heavy atom. The molecule has 0 aliphatic carbocycles. The first-order valence-corrected chi connectivity index (χ1v) is 9.41. The van der Waals surface area contributed by atoms with E-state index in [1.807, 2.05) is 35.2 Å². The monoisotopic (exact) mass is 373 g/mol. The molecule has 9 heteroatoms. The first-order chi connectivity index (χ1) is 12.6. The maximum atomic E-state index is 12.2. The standard InChI is InChI=1S/C17H19N5O3S/c1-25-14-4-6-15(7-5-14)26(23,24)19-11-10-18-16-8-9-17(21-20-16)22-12-2-3-13-22/h2-9,12-13,19H,10-11H2,1H3,(H,18,20). The zero-order valence-corrected chi connectivity index (χ0v) is 15.0. The third-order valence-electron chi connectivity index (χ3n) is 3.61. The Balaban J connectivity index is 1.50. The molecule has 0 saturated carbocycles. The lowest BCUT2D eigenvalue weighted by Gasteiger charge is -2.09. The Morgan fingerprint density at radius 3 is 2.35 bits per heavy atom. The van der Waals surface area contributed by atoms with Gasteiger partial charge in [0.05, 0.1) is 12.0 Å². The van der Waals surface area contributed by atoms with E-state index >= 15 is 0 Å². The Labute approximate surface area is 151 Å². The van der Waals surface area contributed by atoms with E-state index in [1.54, 1.807) is 18.2 Å². The van der Waals surface area contributed by atoms with Crippen LogP contribution in [0.25, 0.3) is 5.82 Å². The maximum Gasteiger partial charge on any atom is 0.240 e. The Hall–Kier alpha value is -2.91. The van der Waals surface area contributed by atoms with Gasteiger partial charge in [0.15, 0.2) is 5.82 Å². The van der Waals surface area contributed by atoms with Crippen molar-refractivity contribution < 1.29 is 13.2 Å². The van der Waals surface area contributed by atoms with E-state index in [9.17, 15) is 8.42 Å². The molecule has 3 aromatic rings. The largest absolute Gasteiger partial charge is 0.497 e. The number of aromatic nitrogens is 3. The summed E-state index contributed by atoms with van der Waals surface area (Å²) in [7, 11) is -2.03. The number of anilines is 1. The van der Waals surface area contributed by atoms with Crippen LogP contribution in [0.3, 0.4) is 0 Å². The summed E-state index contributed by atoms with van der Waals surface area (Å²) in [6.45, 7) is 0.600. The van der Waals surface area contributed by atoms with Gasteiger partial charge < -0.3 is 14.6 Å². The van der Waals surface area contributed by atoms with Crippen molar-refractivity contribution >= 4 is 15.8 Å². The van der Waals surface area contributed by atoms with Crippen LogP contribution in [0.5, 0.6) is 5.75 Å². The van der Waals surface area contributed by atoms with E-state index in [1.165, 1.54) is 19.2 Å². The molecule has 26 heavy (non-hydrogen) atoms. The minimum Gasteiger partial charge on any atom is -0.497 e. The van der Waals surface area contributed by atoms with Gasteiger partial charge in [0, 0.05) is 25.5 Å². The number of rotatable bonds is 8. The highest BCUT2D eigenvalue weighted by Crippen LogP contribution is 2.15. The van der Waals surface area contributed by atoms with Crippen molar-refractivity contribution in [2.45, 2.75) is 4.90 Å². The zero-order chi connectivity index (χ0) is 18.4. The van der Waals surface area contributed by atoms with Gasteiger partial charge in [0.2, 0.25) is 10.0 Å². The minimum absolute atomic E-state index is 0.189. The van der Waals surface area contributed by atoms with Crippen LogP contribution >= 0.6 is 0 Å². The van der Waals surface area contributed by atoms with Crippen LogP contribution in [0.1, 0.15) is 0 Å². The first kappa shape index (κ1) is 17.9. The molecule has 0 aliphatic heterocycles. The van der Waals surface area contributed by atoms with Gasteiger partial charge in [0.25, 0.3) is 0 Å². The van der Waals surface area contributed by atoms with Crippen molar-refractivity contribution in [2.75, 3.05) is 25.5 Å². The number of sulfonamides is 1. The average Bonchev–Trinajstić information content (AvgIpc) is 3.20. The van der Waals surface area contributed by atoms with Crippen molar-refractivity contribution in [1.82, 2.24) is 19.5 Å². The topological polar surface area (TPSA) is 98.1 Å². The molecule has 0 amide bonds. The first-order valence-electron chi connectivity index (χ1n) is 7.93. The smallest absolute Gasteiger partial charge is 0.240 e. The van der Waals surface area contributed by atoms with Crippen molar-refractivity contribution in [3.05, 3.63) is 60.9 Å². The predicted molar refractivity (Wildman–Crippen MR) is 98.0 cm³/mol. The highest BCUT2D eigenvalue weighted by atomic mass is 32.2. The second-order valence-electron chi connectivity index (χ2n) is 5.37. The third kappa shape index (κ3) is 4.38. The summed E-state index contributed by atoms with van der Waals surface area (Å²) >= 11 is 0. The van der Waals surface area contributed by atoms with Crippen molar-refractivity contribution in [1.29, 1.82) is 0 Å². The average molecular weight is 373 g/mol. The van der Waals surface area contributed by atoms with Crippen LogP contribution in [0.4, 0.5) is 5.82 Å². The fourth-order valence-corrected chi connectivity index (χ4v) is 3.29. The number of hydrogen-bond donors (Lipinski definition) is 2. The van der Waals surface area contributed by atoms with Crippen molar-refractivity contribution in [2.24, 2.45) is 0 Å². The highest BCUT2D eigenvalue weighted by molar-refractivity contribution is 7.89. The lowest BCUT2D eigenvalue weighted by atomic mass is 10.3. The normalized spacial score (nSPS) is 11.3. The SMILES string of the molecule is COc1ccc(S(=O)(=O)NCCNc2ccc(-n3cccc3)nn2)cc1. The second kappa shape index (κ2) is 7.98. The Bertz CT molecular complexity index is 924. The van der Waals surface area contributed by atoms with Gasteiger partial charge in [-0.15, -0.1) is 10.2 Å². The van der Waals surface area contributed by atoms with Gasteiger partial charge in [-0.25, -0.2) is 13.1 Å². The fraction of sp³-hybridized carbons (Fsp3) is 0.176. The van der Waals surface area contributed by atoms with E-state index in [-0.39, 0.29) is 11.4 Å². The summed E-state index contributed by atoms with van der Waals surface area (Å²) in [5.74, 6) is 1.89. The summed E-state index contributed by atoms with van der Waals surface area (Å²) in [5.41, 5.74) is 0. The lowest BCUT2D eigenvalue weighted by Crippen LogP contribution is -2.29. The van der Waals surface area contributed by atoms with Gasteiger partial charge in [-0.05, 0) is 48.5 Å². The lowest BCUT2D eigenvalue weighted by molar-refractivity contribution is 0.414. The summed E-state index contributed by atoms with van der Waals surface area (Å²) in [5, 5.41) is 11.2. The Kier molecular flexibility index (Phi) is 5.49.